The number of nitrogens with zero attached hydrogens (tertiary/aromatic N) is 3. The molecule has 7 nitrogen and oxygen atoms in total. The Morgan fingerprint density at radius 2 is 1.90 bits per heavy atom. The van der Waals surface area contributed by atoms with Crippen LogP contribution in [0.15, 0.2) is 41.9 Å². The molecule has 1 saturated heterocycles. The van der Waals surface area contributed by atoms with Gasteiger partial charge in [0.1, 0.15) is 16.5 Å². The van der Waals surface area contributed by atoms with Gasteiger partial charge in [0.25, 0.3) is 5.91 Å². The molecule has 4 rings (SSSR count). The fourth-order valence-corrected chi connectivity index (χ4v) is 4.42. The van der Waals surface area contributed by atoms with Crippen molar-refractivity contribution < 1.29 is 14.3 Å². The van der Waals surface area contributed by atoms with Crippen molar-refractivity contribution in [1.29, 1.82) is 0 Å². The highest BCUT2D eigenvalue weighted by Crippen LogP contribution is 2.30. The molecule has 1 fully saturated rings. The Hall–Kier alpha value is -3.13. The van der Waals surface area contributed by atoms with E-state index in [9.17, 15) is 4.79 Å². The van der Waals surface area contributed by atoms with Crippen LogP contribution in [0.1, 0.15) is 41.9 Å². The second kappa shape index (κ2) is 9.34. The number of hydrogen-bond acceptors (Lipinski definition) is 7. The third-order valence-corrected chi connectivity index (χ3v) is 6.31. The maximum atomic E-state index is 12.7. The van der Waals surface area contributed by atoms with Gasteiger partial charge in [0.05, 0.1) is 20.3 Å². The number of pyridine rings is 1. The fraction of sp³-hybridized carbons (Fsp3) is 0.348. The molecule has 1 aliphatic rings. The Bertz CT molecular complexity index is 1050. The van der Waals surface area contributed by atoms with E-state index in [1.807, 2.05) is 43.5 Å². The van der Waals surface area contributed by atoms with Gasteiger partial charge in [-0.05, 0) is 49.6 Å². The third kappa shape index (κ3) is 4.64. The van der Waals surface area contributed by atoms with E-state index in [0.717, 1.165) is 35.0 Å². The third-order valence-electron chi connectivity index (χ3n) is 5.42. The number of aromatic nitrogens is 2. The normalized spacial score (nSPS) is 14.4. The van der Waals surface area contributed by atoms with Crippen LogP contribution in [0.25, 0.3) is 10.6 Å². The second-order valence-corrected chi connectivity index (χ2v) is 8.30. The van der Waals surface area contributed by atoms with E-state index in [1.165, 1.54) is 24.2 Å². The lowest BCUT2D eigenvalue weighted by Crippen LogP contribution is -2.26. The summed E-state index contributed by atoms with van der Waals surface area (Å²) in [4.78, 5) is 24.1. The minimum atomic E-state index is -0.216. The molecule has 8 heteroatoms. The average molecular weight is 439 g/mol. The molecule has 1 amide bonds. The zero-order valence-electron chi connectivity index (χ0n) is 17.9. The summed E-state index contributed by atoms with van der Waals surface area (Å²) in [5.41, 5.74) is 2.24. The molecular formula is C23H26N4O3S. The predicted octanol–water partition coefficient (Wildman–Crippen LogP) is 4.31. The second-order valence-electron chi connectivity index (χ2n) is 7.45. The molecule has 0 saturated carbocycles. The quantitative estimate of drug-likeness (QED) is 0.592. The van der Waals surface area contributed by atoms with Crippen LogP contribution in [0.2, 0.25) is 0 Å². The van der Waals surface area contributed by atoms with Crippen LogP contribution >= 0.6 is 11.3 Å². The first-order chi connectivity index (χ1) is 15.1. The fourth-order valence-electron chi connectivity index (χ4n) is 3.63. The van der Waals surface area contributed by atoms with E-state index in [2.05, 4.69) is 20.2 Å². The van der Waals surface area contributed by atoms with E-state index >= 15 is 0 Å². The molecule has 1 N–H and O–H groups in total. The molecule has 0 radical (unpaired) electrons. The lowest BCUT2D eigenvalue weighted by atomic mass is 10.1. The highest BCUT2D eigenvalue weighted by molar-refractivity contribution is 7.13. The summed E-state index contributed by atoms with van der Waals surface area (Å²) in [5, 5.41) is 5.56. The number of rotatable bonds is 7. The zero-order valence-corrected chi connectivity index (χ0v) is 18.7. The number of ether oxygens (including phenoxy) is 2. The molecule has 2 aromatic heterocycles. The van der Waals surface area contributed by atoms with Crippen LogP contribution < -0.4 is 19.7 Å². The average Bonchev–Trinajstić information content (AvgIpc) is 3.51. The molecule has 0 bridgehead atoms. The van der Waals surface area contributed by atoms with Crippen molar-refractivity contribution in [2.45, 2.75) is 25.8 Å². The summed E-state index contributed by atoms with van der Waals surface area (Å²) in [6.07, 6.45) is 4.27. The van der Waals surface area contributed by atoms with Gasteiger partial charge in [-0.2, -0.15) is 0 Å². The monoisotopic (exact) mass is 438 g/mol. The lowest BCUT2D eigenvalue weighted by molar-refractivity contribution is 0.0935. The van der Waals surface area contributed by atoms with Gasteiger partial charge in [-0.25, -0.2) is 9.97 Å². The van der Waals surface area contributed by atoms with Crippen LogP contribution in [0.5, 0.6) is 11.5 Å². The maximum Gasteiger partial charge on any atom is 0.271 e. The maximum absolute atomic E-state index is 12.7. The molecule has 31 heavy (non-hydrogen) atoms. The standard InChI is InChI=1S/C23H26N4O3S/c1-15(16-6-8-19(29-2)20(12-16)30-3)25-22(28)18-14-31-23(26-18)17-7-9-21(24-13-17)27-10-4-5-11-27/h6-9,12-15H,4-5,10-11H2,1-3H3,(H,25,28)/t15-/m1/s1. The van der Waals surface area contributed by atoms with Crippen molar-refractivity contribution in [2.24, 2.45) is 0 Å². The van der Waals surface area contributed by atoms with Gasteiger partial charge in [-0.15, -0.1) is 11.3 Å². The zero-order chi connectivity index (χ0) is 21.8. The number of thiazole rings is 1. The minimum Gasteiger partial charge on any atom is -0.493 e. The number of anilines is 1. The SMILES string of the molecule is COc1ccc([C@@H](C)NC(=O)c2csc(-c3ccc(N4CCCC4)nc3)n2)cc1OC. The summed E-state index contributed by atoms with van der Waals surface area (Å²) in [6.45, 7) is 4.05. The molecule has 0 aliphatic carbocycles. The Labute approximate surface area is 186 Å². The number of methoxy groups -OCH3 is 2. The van der Waals surface area contributed by atoms with Crippen LogP contribution in [0.4, 0.5) is 5.82 Å². The Morgan fingerprint density at radius 1 is 1.13 bits per heavy atom. The summed E-state index contributed by atoms with van der Waals surface area (Å²) in [5.74, 6) is 2.06. The molecule has 1 aromatic carbocycles. The van der Waals surface area contributed by atoms with Gasteiger partial charge in [0.2, 0.25) is 0 Å². The predicted molar refractivity (Wildman–Crippen MR) is 122 cm³/mol. The van der Waals surface area contributed by atoms with E-state index in [1.54, 1.807) is 19.6 Å². The number of hydrogen-bond donors (Lipinski definition) is 1. The van der Waals surface area contributed by atoms with Gasteiger partial charge >= 0.3 is 0 Å². The Morgan fingerprint density at radius 3 is 2.58 bits per heavy atom. The molecule has 162 valence electrons. The van der Waals surface area contributed by atoms with Crippen LogP contribution in [-0.2, 0) is 0 Å². The van der Waals surface area contributed by atoms with E-state index < -0.39 is 0 Å². The number of amides is 1. The van der Waals surface area contributed by atoms with E-state index in [-0.39, 0.29) is 11.9 Å². The van der Waals surface area contributed by atoms with Crippen molar-refractivity contribution in [1.82, 2.24) is 15.3 Å². The highest BCUT2D eigenvalue weighted by Gasteiger charge is 2.18. The first-order valence-corrected chi connectivity index (χ1v) is 11.2. The molecule has 3 aromatic rings. The number of carbonyl (C=O) groups excluding carboxylic acids is 1. The molecular weight excluding hydrogens is 412 g/mol. The van der Waals surface area contributed by atoms with Crippen molar-refractivity contribution in [3.63, 3.8) is 0 Å². The van der Waals surface area contributed by atoms with E-state index in [0.29, 0.717) is 17.2 Å². The summed E-state index contributed by atoms with van der Waals surface area (Å²) in [7, 11) is 3.19. The van der Waals surface area contributed by atoms with Crippen molar-refractivity contribution in [3.8, 4) is 22.1 Å². The van der Waals surface area contributed by atoms with Crippen molar-refractivity contribution >= 4 is 23.1 Å². The van der Waals surface area contributed by atoms with Crippen molar-refractivity contribution in [2.75, 3.05) is 32.2 Å². The highest BCUT2D eigenvalue weighted by atomic mass is 32.1. The molecule has 1 aliphatic heterocycles. The molecule has 3 heterocycles. The van der Waals surface area contributed by atoms with Crippen molar-refractivity contribution in [3.05, 3.63) is 53.2 Å². The molecule has 0 spiro atoms. The summed E-state index contributed by atoms with van der Waals surface area (Å²) >= 11 is 1.44. The largest absolute Gasteiger partial charge is 0.493 e. The van der Waals surface area contributed by atoms with Crippen LogP contribution in [0, 0.1) is 0 Å². The topological polar surface area (TPSA) is 76.6 Å². The Kier molecular flexibility index (Phi) is 6.36. The summed E-state index contributed by atoms with van der Waals surface area (Å²) in [6, 6.07) is 9.44. The number of carbonyl (C=O) groups is 1. The smallest absolute Gasteiger partial charge is 0.271 e. The van der Waals surface area contributed by atoms with Gasteiger partial charge < -0.3 is 19.7 Å². The van der Waals surface area contributed by atoms with Gasteiger partial charge in [0.15, 0.2) is 11.5 Å². The molecule has 1 atom stereocenters. The molecule has 0 unspecified atom stereocenters. The first kappa shape index (κ1) is 21.1. The van der Waals surface area contributed by atoms with Gasteiger partial charge in [0, 0.05) is 30.2 Å². The van der Waals surface area contributed by atoms with Crippen LogP contribution in [0.3, 0.4) is 0 Å². The number of nitrogens with one attached hydrogen (secondary N) is 1. The first-order valence-electron chi connectivity index (χ1n) is 10.3. The lowest BCUT2D eigenvalue weighted by Gasteiger charge is -2.16. The van der Waals surface area contributed by atoms with E-state index in [4.69, 9.17) is 9.47 Å². The summed E-state index contributed by atoms with van der Waals surface area (Å²) < 4.78 is 10.6. The Balaban J connectivity index is 1.43. The minimum absolute atomic E-state index is 0.209. The van der Waals surface area contributed by atoms with Crippen LogP contribution in [-0.4, -0.2) is 43.2 Å². The number of benzene rings is 1. The van der Waals surface area contributed by atoms with Gasteiger partial charge in [-0.3, -0.25) is 4.79 Å². The van der Waals surface area contributed by atoms with Gasteiger partial charge in [-0.1, -0.05) is 6.07 Å².